The highest BCUT2D eigenvalue weighted by atomic mass is 16.3. The minimum absolute atomic E-state index is 0.126. The van der Waals surface area contributed by atoms with Crippen LogP contribution in [-0.4, -0.2) is 36.5 Å². The SMILES string of the molecule is CCNC(=NCc1cccnc1N1CCCC(C(N)=O)C1)NCc1ccco1. The van der Waals surface area contributed by atoms with Crippen molar-refractivity contribution in [3.63, 3.8) is 0 Å². The number of anilines is 1. The van der Waals surface area contributed by atoms with Crippen LogP contribution in [-0.2, 0) is 17.9 Å². The highest BCUT2D eigenvalue weighted by Crippen LogP contribution is 2.24. The predicted molar refractivity (Wildman–Crippen MR) is 109 cm³/mol. The number of pyridine rings is 1. The number of primary amides is 1. The number of carbonyl (C=O) groups excluding carboxylic acids is 1. The summed E-state index contributed by atoms with van der Waals surface area (Å²) in [6, 6.07) is 7.71. The first-order valence-corrected chi connectivity index (χ1v) is 9.70. The number of furan rings is 1. The Kier molecular flexibility index (Phi) is 6.89. The summed E-state index contributed by atoms with van der Waals surface area (Å²) in [5.74, 6) is 2.07. The lowest BCUT2D eigenvalue weighted by molar-refractivity contribution is -0.122. The van der Waals surface area contributed by atoms with E-state index in [1.807, 2.05) is 31.2 Å². The minimum Gasteiger partial charge on any atom is -0.467 e. The average Bonchev–Trinajstić information content (AvgIpc) is 3.24. The van der Waals surface area contributed by atoms with Crippen LogP contribution in [0.3, 0.4) is 0 Å². The zero-order chi connectivity index (χ0) is 19.8. The summed E-state index contributed by atoms with van der Waals surface area (Å²) in [6.45, 7) is 5.31. The van der Waals surface area contributed by atoms with E-state index in [1.165, 1.54) is 0 Å². The third-order valence-electron chi connectivity index (χ3n) is 4.75. The molecule has 2 aromatic rings. The van der Waals surface area contributed by atoms with Crippen LogP contribution >= 0.6 is 0 Å². The summed E-state index contributed by atoms with van der Waals surface area (Å²) in [7, 11) is 0. The zero-order valence-corrected chi connectivity index (χ0v) is 16.2. The highest BCUT2D eigenvalue weighted by Gasteiger charge is 2.25. The van der Waals surface area contributed by atoms with Gasteiger partial charge in [0.05, 0.1) is 25.3 Å². The predicted octanol–water partition coefficient (Wildman–Crippen LogP) is 1.63. The summed E-state index contributed by atoms with van der Waals surface area (Å²) in [5.41, 5.74) is 6.54. The van der Waals surface area contributed by atoms with Gasteiger partial charge in [0, 0.05) is 31.4 Å². The molecule has 1 amide bonds. The molecule has 4 N–H and O–H groups in total. The maximum Gasteiger partial charge on any atom is 0.222 e. The van der Waals surface area contributed by atoms with Gasteiger partial charge >= 0.3 is 0 Å². The lowest BCUT2D eigenvalue weighted by Gasteiger charge is -2.33. The number of hydrogen-bond acceptors (Lipinski definition) is 5. The van der Waals surface area contributed by atoms with Gasteiger partial charge in [-0.1, -0.05) is 6.07 Å². The molecule has 0 aliphatic carbocycles. The van der Waals surface area contributed by atoms with Crippen molar-refractivity contribution in [2.75, 3.05) is 24.5 Å². The number of hydrogen-bond donors (Lipinski definition) is 3. The zero-order valence-electron chi connectivity index (χ0n) is 16.2. The van der Waals surface area contributed by atoms with Gasteiger partial charge in [-0.3, -0.25) is 4.79 Å². The monoisotopic (exact) mass is 384 g/mol. The smallest absolute Gasteiger partial charge is 0.222 e. The van der Waals surface area contributed by atoms with E-state index in [9.17, 15) is 4.79 Å². The number of aromatic nitrogens is 1. The molecule has 1 aliphatic rings. The molecule has 3 heterocycles. The van der Waals surface area contributed by atoms with E-state index in [1.54, 1.807) is 12.5 Å². The van der Waals surface area contributed by atoms with Crippen LogP contribution in [0.1, 0.15) is 31.1 Å². The number of carbonyl (C=O) groups is 1. The first kappa shape index (κ1) is 19.7. The van der Waals surface area contributed by atoms with Crippen molar-refractivity contribution in [1.82, 2.24) is 15.6 Å². The van der Waals surface area contributed by atoms with E-state index in [0.29, 0.717) is 25.6 Å². The fraction of sp³-hybridized carbons (Fsp3) is 0.450. The molecule has 2 aromatic heterocycles. The van der Waals surface area contributed by atoms with Crippen LogP contribution in [0.2, 0.25) is 0 Å². The third-order valence-corrected chi connectivity index (χ3v) is 4.75. The number of nitrogens with one attached hydrogen (secondary N) is 2. The second-order valence-corrected chi connectivity index (χ2v) is 6.80. The van der Waals surface area contributed by atoms with Crippen molar-refractivity contribution in [2.45, 2.75) is 32.9 Å². The van der Waals surface area contributed by atoms with Crippen LogP contribution in [0, 0.1) is 5.92 Å². The van der Waals surface area contributed by atoms with Crippen LogP contribution < -0.4 is 21.3 Å². The van der Waals surface area contributed by atoms with Crippen molar-refractivity contribution < 1.29 is 9.21 Å². The average molecular weight is 384 g/mol. The minimum atomic E-state index is -0.239. The number of aliphatic imine (C=N–C) groups is 1. The maximum absolute atomic E-state index is 11.6. The summed E-state index contributed by atoms with van der Waals surface area (Å²) in [6.07, 6.45) is 5.20. The van der Waals surface area contributed by atoms with Crippen molar-refractivity contribution in [2.24, 2.45) is 16.6 Å². The molecule has 28 heavy (non-hydrogen) atoms. The van der Waals surface area contributed by atoms with Gasteiger partial charge in [-0.05, 0) is 38.0 Å². The van der Waals surface area contributed by atoms with E-state index in [-0.39, 0.29) is 11.8 Å². The van der Waals surface area contributed by atoms with E-state index < -0.39 is 0 Å². The van der Waals surface area contributed by atoms with Crippen molar-refractivity contribution >= 4 is 17.7 Å². The number of guanidine groups is 1. The van der Waals surface area contributed by atoms with Gasteiger partial charge < -0.3 is 25.7 Å². The standard InChI is InChI=1S/C20H28N6O2/c1-2-22-20(25-13-17-8-5-11-28-17)24-12-15-6-3-9-23-19(15)26-10-4-7-16(14-26)18(21)27/h3,5-6,8-9,11,16H,2,4,7,10,12-14H2,1H3,(H2,21,27)(H2,22,24,25). The second kappa shape index (κ2) is 9.77. The van der Waals surface area contributed by atoms with Crippen LogP contribution in [0.25, 0.3) is 0 Å². The Bertz CT molecular complexity index is 790. The molecular formula is C20H28N6O2. The van der Waals surface area contributed by atoms with Crippen LogP contribution in [0.5, 0.6) is 0 Å². The van der Waals surface area contributed by atoms with Gasteiger partial charge in [-0.15, -0.1) is 0 Å². The van der Waals surface area contributed by atoms with E-state index in [2.05, 4.69) is 25.5 Å². The Morgan fingerprint density at radius 1 is 1.39 bits per heavy atom. The summed E-state index contributed by atoms with van der Waals surface area (Å²) < 4.78 is 5.35. The third kappa shape index (κ3) is 5.25. The molecular weight excluding hydrogens is 356 g/mol. The largest absolute Gasteiger partial charge is 0.467 e. The molecule has 0 bridgehead atoms. The Morgan fingerprint density at radius 3 is 3.04 bits per heavy atom. The quantitative estimate of drug-likeness (QED) is 0.495. The molecule has 1 aliphatic heterocycles. The summed E-state index contributed by atoms with van der Waals surface area (Å²) >= 11 is 0. The van der Waals surface area contributed by atoms with Gasteiger partial charge in [0.1, 0.15) is 11.6 Å². The number of rotatable bonds is 7. The van der Waals surface area contributed by atoms with Crippen molar-refractivity contribution in [3.8, 4) is 0 Å². The summed E-state index contributed by atoms with van der Waals surface area (Å²) in [4.78, 5) is 23.0. The molecule has 0 saturated carbocycles. The Hall–Kier alpha value is -3.03. The van der Waals surface area contributed by atoms with Gasteiger partial charge in [0.15, 0.2) is 5.96 Å². The lowest BCUT2D eigenvalue weighted by atomic mass is 9.97. The molecule has 150 valence electrons. The van der Waals surface area contributed by atoms with Gasteiger partial charge in [0.25, 0.3) is 0 Å². The first-order chi connectivity index (χ1) is 13.7. The molecule has 8 nitrogen and oxygen atoms in total. The molecule has 8 heteroatoms. The summed E-state index contributed by atoms with van der Waals surface area (Å²) in [5, 5.41) is 6.50. The van der Waals surface area contributed by atoms with E-state index >= 15 is 0 Å². The number of nitrogens with two attached hydrogens (primary N) is 1. The highest BCUT2D eigenvalue weighted by molar-refractivity contribution is 5.80. The number of amides is 1. The molecule has 0 radical (unpaired) electrons. The lowest BCUT2D eigenvalue weighted by Crippen LogP contribution is -2.42. The molecule has 1 saturated heterocycles. The van der Waals surface area contributed by atoms with Crippen LogP contribution in [0.4, 0.5) is 5.82 Å². The molecule has 0 aromatic carbocycles. The van der Waals surface area contributed by atoms with Gasteiger partial charge in [-0.25, -0.2) is 9.98 Å². The topological polar surface area (TPSA) is 109 Å². The van der Waals surface area contributed by atoms with E-state index in [0.717, 1.165) is 43.1 Å². The normalized spacial score (nSPS) is 17.4. The fourth-order valence-electron chi connectivity index (χ4n) is 3.33. The molecule has 1 fully saturated rings. The molecule has 3 rings (SSSR count). The first-order valence-electron chi connectivity index (χ1n) is 9.70. The molecule has 0 spiro atoms. The van der Waals surface area contributed by atoms with E-state index in [4.69, 9.17) is 10.2 Å². The maximum atomic E-state index is 11.6. The Labute approximate surface area is 165 Å². The number of piperidine rings is 1. The van der Waals surface area contributed by atoms with Gasteiger partial charge in [0.2, 0.25) is 5.91 Å². The fourth-order valence-corrected chi connectivity index (χ4v) is 3.33. The Balaban J connectivity index is 1.70. The van der Waals surface area contributed by atoms with Crippen molar-refractivity contribution in [3.05, 3.63) is 48.0 Å². The van der Waals surface area contributed by atoms with Crippen LogP contribution in [0.15, 0.2) is 46.1 Å². The van der Waals surface area contributed by atoms with Crippen molar-refractivity contribution in [1.29, 1.82) is 0 Å². The molecule has 1 atom stereocenters. The Morgan fingerprint density at radius 2 is 2.29 bits per heavy atom. The van der Waals surface area contributed by atoms with Gasteiger partial charge in [-0.2, -0.15) is 0 Å². The molecule has 1 unspecified atom stereocenters. The second-order valence-electron chi connectivity index (χ2n) is 6.80. The number of nitrogens with zero attached hydrogens (tertiary/aromatic N) is 3.